The highest BCUT2D eigenvalue weighted by Crippen LogP contribution is 2.34. The Morgan fingerprint density at radius 1 is 1.43 bits per heavy atom. The fourth-order valence-electron chi connectivity index (χ4n) is 1.94. The number of aromatic hydroxyl groups is 1. The van der Waals surface area contributed by atoms with Gasteiger partial charge in [-0.1, -0.05) is 6.07 Å². The first-order valence-corrected chi connectivity index (χ1v) is 8.31. The maximum atomic E-state index is 12.3. The summed E-state index contributed by atoms with van der Waals surface area (Å²) >= 11 is 2.70. The lowest BCUT2D eigenvalue weighted by Gasteiger charge is -2.06. The van der Waals surface area contributed by atoms with Gasteiger partial charge in [-0.2, -0.15) is 4.99 Å². The van der Waals surface area contributed by atoms with Gasteiger partial charge in [0, 0.05) is 18.6 Å². The quantitative estimate of drug-likeness (QED) is 0.864. The van der Waals surface area contributed by atoms with Gasteiger partial charge >= 0.3 is 0 Å². The van der Waals surface area contributed by atoms with E-state index in [1.807, 2.05) is 5.38 Å². The molecule has 1 N–H and O–H groups in total. The molecule has 8 heteroatoms. The van der Waals surface area contributed by atoms with E-state index in [2.05, 4.69) is 9.98 Å². The average Bonchev–Trinajstić information content (AvgIpc) is 3.14. The lowest BCUT2D eigenvalue weighted by molar-refractivity contribution is -0.121. The van der Waals surface area contributed by atoms with Crippen molar-refractivity contribution in [1.82, 2.24) is 9.88 Å². The van der Waals surface area contributed by atoms with E-state index >= 15 is 0 Å². The number of hydrogen-bond donors (Lipinski definition) is 1. The maximum Gasteiger partial charge on any atom is 0.266 e. The molecule has 0 atom stereocenters. The van der Waals surface area contributed by atoms with Crippen molar-refractivity contribution in [2.24, 2.45) is 4.99 Å². The normalized spacial score (nSPS) is 18.2. The summed E-state index contributed by atoms with van der Waals surface area (Å²) in [5.41, 5.74) is 0.763. The zero-order chi connectivity index (χ0) is 16.4. The first-order valence-electron chi connectivity index (χ1n) is 6.61. The second kappa shape index (κ2) is 6.43. The van der Waals surface area contributed by atoms with E-state index in [-0.39, 0.29) is 11.7 Å². The Morgan fingerprint density at radius 2 is 2.26 bits per heavy atom. The number of phenols is 1. The van der Waals surface area contributed by atoms with Crippen molar-refractivity contribution in [3.8, 4) is 11.5 Å². The molecule has 118 valence electrons. The van der Waals surface area contributed by atoms with Crippen molar-refractivity contribution in [1.29, 1.82) is 0 Å². The highest BCUT2D eigenvalue weighted by atomic mass is 32.2. The van der Waals surface area contributed by atoms with Gasteiger partial charge in [0.25, 0.3) is 5.91 Å². The van der Waals surface area contributed by atoms with Crippen molar-refractivity contribution >= 4 is 45.4 Å². The van der Waals surface area contributed by atoms with Crippen LogP contribution in [0.5, 0.6) is 11.5 Å². The first-order chi connectivity index (χ1) is 11.1. The van der Waals surface area contributed by atoms with Crippen LogP contribution in [-0.4, -0.2) is 40.2 Å². The Balaban J connectivity index is 1.90. The van der Waals surface area contributed by atoms with Crippen molar-refractivity contribution in [3.63, 3.8) is 0 Å². The van der Waals surface area contributed by atoms with Crippen molar-refractivity contribution in [3.05, 3.63) is 40.2 Å². The Labute approximate surface area is 141 Å². The van der Waals surface area contributed by atoms with E-state index in [0.29, 0.717) is 21.0 Å². The number of thiazole rings is 1. The molecule has 1 aliphatic heterocycles. The first kappa shape index (κ1) is 15.6. The lowest BCUT2D eigenvalue weighted by atomic mass is 10.2. The minimum absolute atomic E-state index is 0.0585. The largest absolute Gasteiger partial charge is 0.504 e. The number of amides is 1. The molecule has 0 bridgehead atoms. The summed E-state index contributed by atoms with van der Waals surface area (Å²) in [5, 5.41) is 12.7. The number of carbonyl (C=O) groups excluding carboxylic acids is 1. The van der Waals surface area contributed by atoms with Gasteiger partial charge in [0.05, 0.1) is 12.0 Å². The fraction of sp³-hybridized carbons (Fsp3) is 0.133. The number of thioether (sulfide) groups is 1. The van der Waals surface area contributed by atoms with E-state index < -0.39 is 0 Å². The highest BCUT2D eigenvalue weighted by Gasteiger charge is 2.30. The minimum atomic E-state index is -0.127. The van der Waals surface area contributed by atoms with Gasteiger partial charge in [-0.3, -0.25) is 9.69 Å². The van der Waals surface area contributed by atoms with Crippen LogP contribution in [0.2, 0.25) is 0 Å². The Kier molecular flexibility index (Phi) is 4.35. The molecule has 0 unspecified atom stereocenters. The summed E-state index contributed by atoms with van der Waals surface area (Å²) in [6, 6.07) is 4.92. The molecule has 6 nitrogen and oxygen atoms in total. The molecular formula is C15H13N3O3S2. The monoisotopic (exact) mass is 347 g/mol. The third-order valence-corrected chi connectivity index (χ3v) is 4.84. The molecule has 2 aromatic rings. The number of hydrogen-bond acceptors (Lipinski definition) is 7. The lowest BCUT2D eigenvalue weighted by Crippen LogP contribution is -2.23. The number of methoxy groups -OCH3 is 1. The van der Waals surface area contributed by atoms with Gasteiger partial charge in [0.1, 0.15) is 0 Å². The van der Waals surface area contributed by atoms with E-state index in [9.17, 15) is 9.90 Å². The van der Waals surface area contributed by atoms with Crippen LogP contribution < -0.4 is 4.74 Å². The predicted molar refractivity (Wildman–Crippen MR) is 92.2 cm³/mol. The second-order valence-electron chi connectivity index (χ2n) is 4.62. The Morgan fingerprint density at radius 3 is 2.96 bits per heavy atom. The van der Waals surface area contributed by atoms with Crippen LogP contribution in [0, 0.1) is 0 Å². The van der Waals surface area contributed by atoms with Crippen LogP contribution in [0.15, 0.2) is 39.7 Å². The fourth-order valence-corrected chi connectivity index (χ4v) is 3.47. The van der Waals surface area contributed by atoms with Crippen LogP contribution in [0.3, 0.4) is 0 Å². The van der Waals surface area contributed by atoms with E-state index in [1.54, 1.807) is 31.5 Å². The number of benzene rings is 1. The molecule has 0 radical (unpaired) electrons. The van der Waals surface area contributed by atoms with Gasteiger partial charge in [-0.05, 0) is 35.5 Å². The van der Waals surface area contributed by atoms with Crippen LogP contribution in [0.1, 0.15) is 5.56 Å². The third-order valence-electron chi connectivity index (χ3n) is 3.12. The number of amidine groups is 1. The van der Waals surface area contributed by atoms with Gasteiger partial charge in [-0.25, -0.2) is 4.98 Å². The summed E-state index contributed by atoms with van der Waals surface area (Å²) in [5.74, 6) is 0.292. The zero-order valence-corrected chi connectivity index (χ0v) is 14.0. The smallest absolute Gasteiger partial charge is 0.266 e. The summed E-state index contributed by atoms with van der Waals surface area (Å²) in [6.07, 6.45) is 3.42. The van der Waals surface area contributed by atoms with Gasteiger partial charge < -0.3 is 9.84 Å². The molecular weight excluding hydrogens is 334 g/mol. The van der Waals surface area contributed by atoms with Gasteiger partial charge in [0.2, 0.25) is 5.13 Å². The molecule has 0 aliphatic carbocycles. The molecule has 1 saturated heterocycles. The van der Waals surface area contributed by atoms with Crippen LogP contribution in [0.4, 0.5) is 5.13 Å². The van der Waals surface area contributed by atoms with Crippen LogP contribution in [-0.2, 0) is 4.79 Å². The predicted octanol–water partition coefficient (Wildman–Crippen LogP) is 3.09. The number of phenolic OH excluding ortho intramolecular Hbond substituents is 1. The standard InChI is InChI=1S/C15H13N3O3S2/c1-18-13(20)12(23-15(18)17-14-16-5-6-22-14)8-9-3-4-10(19)11(7-9)21-2/h3-8,19H,1-2H3/b12-8-,17-15+. The molecule has 1 amide bonds. The van der Waals surface area contributed by atoms with Gasteiger partial charge in [0.15, 0.2) is 16.7 Å². The molecule has 3 rings (SSSR count). The second-order valence-corrected chi connectivity index (χ2v) is 6.50. The van der Waals surface area contributed by atoms with E-state index in [0.717, 1.165) is 5.56 Å². The maximum absolute atomic E-state index is 12.3. The molecule has 1 fully saturated rings. The molecule has 23 heavy (non-hydrogen) atoms. The Hall–Kier alpha value is -2.32. The van der Waals surface area contributed by atoms with Crippen molar-refractivity contribution in [2.45, 2.75) is 0 Å². The van der Waals surface area contributed by atoms with Crippen LogP contribution in [0.25, 0.3) is 6.08 Å². The summed E-state index contributed by atoms with van der Waals surface area (Å²) in [6.45, 7) is 0. The highest BCUT2D eigenvalue weighted by molar-refractivity contribution is 8.18. The number of nitrogens with zero attached hydrogens (tertiary/aromatic N) is 3. The van der Waals surface area contributed by atoms with Gasteiger partial charge in [-0.15, -0.1) is 11.3 Å². The number of ether oxygens (including phenoxy) is 1. The number of likely N-dealkylation sites (N-methyl/N-ethyl adjacent to an activating group) is 1. The van der Waals surface area contributed by atoms with E-state index in [1.165, 1.54) is 41.2 Å². The topological polar surface area (TPSA) is 75.0 Å². The summed E-state index contributed by atoms with van der Waals surface area (Å²) in [4.78, 5) is 22.8. The number of aromatic nitrogens is 1. The zero-order valence-electron chi connectivity index (χ0n) is 12.4. The minimum Gasteiger partial charge on any atom is -0.504 e. The molecule has 1 aromatic heterocycles. The molecule has 0 spiro atoms. The average molecular weight is 347 g/mol. The summed E-state index contributed by atoms with van der Waals surface area (Å²) in [7, 11) is 3.16. The number of carbonyl (C=O) groups is 1. The molecule has 1 aromatic carbocycles. The molecule has 0 saturated carbocycles. The van der Waals surface area contributed by atoms with E-state index in [4.69, 9.17) is 4.74 Å². The number of rotatable bonds is 3. The van der Waals surface area contributed by atoms with Crippen LogP contribution >= 0.6 is 23.1 Å². The Bertz CT molecular complexity index is 800. The van der Waals surface area contributed by atoms with Crippen molar-refractivity contribution in [2.75, 3.05) is 14.2 Å². The third kappa shape index (κ3) is 3.22. The summed E-state index contributed by atoms with van der Waals surface area (Å²) < 4.78 is 5.08. The van der Waals surface area contributed by atoms with Crippen molar-refractivity contribution < 1.29 is 14.6 Å². The number of aliphatic imine (C=N–C) groups is 1. The molecule has 2 heterocycles. The SMILES string of the molecule is COc1cc(/C=C2\S/C(=N/c3nccs3)N(C)C2=O)ccc1O. The molecule has 1 aliphatic rings.